The lowest BCUT2D eigenvalue weighted by molar-refractivity contribution is -0.138. The fraction of sp³-hybridized carbons (Fsp3) is 0.333. The maximum absolute atomic E-state index is 13.0. The summed E-state index contributed by atoms with van der Waals surface area (Å²) in [6.07, 6.45) is 0.0820. The van der Waals surface area contributed by atoms with E-state index in [2.05, 4.69) is 15.1 Å². The second kappa shape index (κ2) is 9.65. The molecule has 0 spiro atoms. The Kier molecular flexibility index (Phi) is 7.27. The molecule has 0 saturated carbocycles. The van der Waals surface area contributed by atoms with E-state index in [-0.39, 0.29) is 24.3 Å². The van der Waals surface area contributed by atoms with Gasteiger partial charge in [0, 0.05) is 18.2 Å². The summed E-state index contributed by atoms with van der Waals surface area (Å²) < 4.78 is 38.9. The van der Waals surface area contributed by atoms with E-state index in [1.807, 2.05) is 0 Å². The number of carboxylic acid groups (broad SMARTS) is 1. The van der Waals surface area contributed by atoms with E-state index < -0.39 is 17.7 Å². The molecule has 1 N–H and O–H groups in total. The fourth-order valence-electron chi connectivity index (χ4n) is 2.25. The van der Waals surface area contributed by atoms with Crippen molar-refractivity contribution in [2.45, 2.75) is 31.9 Å². The second-order valence-electron chi connectivity index (χ2n) is 5.65. The van der Waals surface area contributed by atoms with Crippen molar-refractivity contribution < 1.29 is 27.9 Å². The average molecular weight is 381 g/mol. The zero-order valence-corrected chi connectivity index (χ0v) is 14.3. The summed E-state index contributed by atoms with van der Waals surface area (Å²) in [6, 6.07) is 6.27. The monoisotopic (exact) mass is 381 g/mol. The molecule has 2 aromatic rings. The van der Waals surface area contributed by atoms with Crippen molar-refractivity contribution in [1.82, 2.24) is 9.97 Å². The van der Waals surface area contributed by atoms with Gasteiger partial charge in [-0.2, -0.15) is 13.2 Å². The normalized spacial score (nSPS) is 12.0. The number of nitrogens with zero attached hydrogens (tertiary/aromatic N) is 3. The van der Waals surface area contributed by atoms with E-state index in [1.54, 1.807) is 0 Å². The second-order valence-corrected chi connectivity index (χ2v) is 5.65. The van der Waals surface area contributed by atoms with Gasteiger partial charge in [-0.25, -0.2) is 9.97 Å². The van der Waals surface area contributed by atoms with Crippen LogP contribution in [0.4, 0.5) is 13.2 Å². The molecule has 1 aromatic heterocycles. The number of halogens is 3. The maximum Gasteiger partial charge on any atom is 0.416 e. The van der Waals surface area contributed by atoms with Crippen molar-refractivity contribution in [2.24, 2.45) is 5.16 Å². The topological polar surface area (TPSA) is 84.7 Å². The Morgan fingerprint density at radius 1 is 1.19 bits per heavy atom. The predicted octanol–water partition coefficient (Wildman–Crippen LogP) is 3.91. The maximum atomic E-state index is 13.0. The van der Waals surface area contributed by atoms with Crippen LogP contribution in [0.3, 0.4) is 0 Å². The Hall–Kier alpha value is -2.97. The van der Waals surface area contributed by atoms with Crippen molar-refractivity contribution >= 4 is 11.7 Å². The van der Waals surface area contributed by atoms with Gasteiger partial charge in [-0.15, -0.1) is 0 Å². The highest BCUT2D eigenvalue weighted by Crippen LogP contribution is 2.30. The van der Waals surface area contributed by atoms with Crippen LogP contribution in [-0.2, 0) is 15.8 Å². The molecular weight excluding hydrogens is 363 g/mol. The van der Waals surface area contributed by atoms with Crippen LogP contribution in [0.1, 0.15) is 42.5 Å². The molecule has 1 heterocycles. The molecule has 6 nitrogen and oxygen atoms in total. The number of aromatic nitrogens is 2. The third-order valence-corrected chi connectivity index (χ3v) is 3.57. The van der Waals surface area contributed by atoms with Crippen LogP contribution in [0, 0.1) is 0 Å². The van der Waals surface area contributed by atoms with Gasteiger partial charge >= 0.3 is 12.1 Å². The summed E-state index contributed by atoms with van der Waals surface area (Å²) in [7, 11) is 0. The first kappa shape index (κ1) is 20.3. The number of hydrogen-bond acceptors (Lipinski definition) is 5. The van der Waals surface area contributed by atoms with Gasteiger partial charge < -0.3 is 9.94 Å². The molecule has 0 bridgehead atoms. The van der Waals surface area contributed by atoms with Crippen LogP contribution < -0.4 is 0 Å². The SMILES string of the molecule is O=C(O)CCCCCO/N=C(/c1cccc(C(F)(F)F)c1)c1ccncn1. The number of alkyl halides is 3. The Labute approximate surface area is 153 Å². The molecule has 0 unspecified atom stereocenters. The Balaban J connectivity index is 2.12. The van der Waals surface area contributed by atoms with Crippen LogP contribution in [0.15, 0.2) is 48.0 Å². The minimum Gasteiger partial charge on any atom is -0.481 e. The van der Waals surface area contributed by atoms with Crippen LogP contribution in [0.2, 0.25) is 0 Å². The minimum atomic E-state index is -4.47. The zero-order chi connectivity index (χ0) is 19.7. The number of benzene rings is 1. The summed E-state index contributed by atoms with van der Waals surface area (Å²) in [5.41, 5.74) is -0.0888. The molecule has 0 saturated heterocycles. The van der Waals surface area contributed by atoms with Gasteiger partial charge in [0.25, 0.3) is 0 Å². The fourth-order valence-corrected chi connectivity index (χ4v) is 2.25. The lowest BCUT2D eigenvalue weighted by atomic mass is 10.0. The first-order valence-electron chi connectivity index (χ1n) is 8.23. The van der Waals surface area contributed by atoms with E-state index >= 15 is 0 Å². The van der Waals surface area contributed by atoms with Crippen LogP contribution >= 0.6 is 0 Å². The molecule has 0 fully saturated rings. The molecule has 1 aromatic carbocycles. The summed E-state index contributed by atoms with van der Waals surface area (Å²) in [5.74, 6) is -0.857. The van der Waals surface area contributed by atoms with Crippen LogP contribution in [0.5, 0.6) is 0 Å². The summed E-state index contributed by atoms with van der Waals surface area (Å²) in [6.45, 7) is 0.215. The van der Waals surface area contributed by atoms with E-state index in [9.17, 15) is 18.0 Å². The Bertz CT molecular complexity index is 780. The molecular formula is C18H18F3N3O3. The average Bonchev–Trinajstić information content (AvgIpc) is 2.64. The zero-order valence-electron chi connectivity index (χ0n) is 14.3. The molecule has 144 valence electrons. The van der Waals surface area contributed by atoms with Crippen molar-refractivity contribution in [3.63, 3.8) is 0 Å². The van der Waals surface area contributed by atoms with Crippen molar-refractivity contribution in [1.29, 1.82) is 0 Å². The molecule has 9 heteroatoms. The van der Waals surface area contributed by atoms with Crippen molar-refractivity contribution in [3.05, 3.63) is 59.7 Å². The number of aliphatic carboxylic acids is 1. The molecule has 0 radical (unpaired) electrons. The van der Waals surface area contributed by atoms with E-state index in [0.717, 1.165) is 12.1 Å². The van der Waals surface area contributed by atoms with Gasteiger partial charge in [0.1, 0.15) is 18.6 Å². The highest BCUT2D eigenvalue weighted by Gasteiger charge is 2.30. The van der Waals surface area contributed by atoms with E-state index in [1.165, 1.54) is 30.7 Å². The van der Waals surface area contributed by atoms with Crippen molar-refractivity contribution in [3.8, 4) is 0 Å². The van der Waals surface area contributed by atoms with E-state index in [0.29, 0.717) is 25.0 Å². The van der Waals surface area contributed by atoms with Crippen LogP contribution in [0.25, 0.3) is 0 Å². The summed E-state index contributed by atoms with van der Waals surface area (Å²) in [5, 5.41) is 12.5. The number of carboxylic acids is 1. The Morgan fingerprint density at radius 2 is 2.00 bits per heavy atom. The molecule has 0 aliphatic rings. The van der Waals surface area contributed by atoms with Gasteiger partial charge in [-0.1, -0.05) is 17.3 Å². The third kappa shape index (κ3) is 6.69. The quantitative estimate of drug-likeness (QED) is 0.404. The Morgan fingerprint density at radius 3 is 2.67 bits per heavy atom. The number of carbonyl (C=O) groups is 1. The lowest BCUT2D eigenvalue weighted by Gasteiger charge is -2.10. The standard InChI is InChI=1S/C18H18F3N3O3/c19-18(20,21)14-6-4-5-13(11-14)17(15-8-9-22-12-23-15)24-27-10-3-1-2-7-16(25)26/h4-6,8-9,11-12H,1-3,7,10H2,(H,25,26)/b24-17-. The molecule has 2 rings (SSSR count). The van der Waals surface area contributed by atoms with E-state index in [4.69, 9.17) is 9.94 Å². The smallest absolute Gasteiger partial charge is 0.416 e. The van der Waals surface area contributed by atoms with Gasteiger partial charge in [-0.05, 0) is 37.5 Å². The number of unbranched alkanes of at least 4 members (excludes halogenated alkanes) is 2. The number of hydrogen-bond donors (Lipinski definition) is 1. The van der Waals surface area contributed by atoms with Crippen LogP contribution in [-0.4, -0.2) is 33.4 Å². The van der Waals surface area contributed by atoms with Crippen molar-refractivity contribution in [2.75, 3.05) is 6.61 Å². The minimum absolute atomic E-state index is 0.0830. The van der Waals surface area contributed by atoms with Gasteiger partial charge in [0.05, 0.1) is 11.3 Å². The number of rotatable bonds is 9. The third-order valence-electron chi connectivity index (χ3n) is 3.57. The first-order valence-corrected chi connectivity index (χ1v) is 8.23. The van der Waals surface area contributed by atoms with Gasteiger partial charge in [0.15, 0.2) is 0 Å². The van der Waals surface area contributed by atoms with Gasteiger partial charge in [-0.3, -0.25) is 4.79 Å². The first-order chi connectivity index (χ1) is 12.9. The molecule has 0 atom stereocenters. The van der Waals surface area contributed by atoms with Gasteiger partial charge in [0.2, 0.25) is 0 Å². The molecule has 0 aliphatic carbocycles. The summed E-state index contributed by atoms with van der Waals surface area (Å²) in [4.78, 5) is 23.5. The number of oxime groups is 1. The molecule has 0 aliphatic heterocycles. The summed E-state index contributed by atoms with van der Waals surface area (Å²) >= 11 is 0. The predicted molar refractivity (Wildman–Crippen MR) is 91.2 cm³/mol. The molecule has 0 amide bonds. The highest BCUT2D eigenvalue weighted by molar-refractivity contribution is 6.11. The largest absolute Gasteiger partial charge is 0.481 e. The lowest BCUT2D eigenvalue weighted by Crippen LogP contribution is -2.11. The highest BCUT2D eigenvalue weighted by atomic mass is 19.4. The molecule has 27 heavy (non-hydrogen) atoms.